The van der Waals surface area contributed by atoms with Gasteiger partial charge in [0.2, 0.25) is 10.0 Å². The summed E-state index contributed by atoms with van der Waals surface area (Å²) in [5.74, 6) is 0. The first-order valence-electron chi connectivity index (χ1n) is 6.73. The SMILES string of the molecule is Nc1ccc(S(N)(=O)=O)cc1N(CCO)C1CCCC1. The summed E-state index contributed by atoms with van der Waals surface area (Å²) in [6.45, 7) is 0.429. The number of nitrogen functional groups attached to an aromatic ring is 1. The third kappa shape index (κ3) is 3.23. The maximum absolute atomic E-state index is 11.5. The first-order chi connectivity index (χ1) is 9.43. The smallest absolute Gasteiger partial charge is 0.238 e. The van der Waals surface area contributed by atoms with Crippen molar-refractivity contribution in [2.45, 2.75) is 36.6 Å². The summed E-state index contributed by atoms with van der Waals surface area (Å²) < 4.78 is 22.9. The van der Waals surface area contributed by atoms with Crippen LogP contribution in [0.3, 0.4) is 0 Å². The van der Waals surface area contributed by atoms with Crippen molar-refractivity contribution in [3.05, 3.63) is 18.2 Å². The third-order valence-electron chi connectivity index (χ3n) is 3.75. The van der Waals surface area contributed by atoms with Crippen LogP contribution < -0.4 is 15.8 Å². The predicted molar refractivity (Wildman–Crippen MR) is 78.9 cm³/mol. The molecule has 1 saturated carbocycles. The van der Waals surface area contributed by atoms with Crippen LogP contribution in [-0.2, 0) is 10.0 Å². The van der Waals surface area contributed by atoms with Crippen LogP contribution in [0.2, 0.25) is 0 Å². The number of hydrogen-bond donors (Lipinski definition) is 3. The zero-order valence-corrected chi connectivity index (χ0v) is 12.1. The van der Waals surface area contributed by atoms with Gasteiger partial charge in [0.15, 0.2) is 0 Å². The summed E-state index contributed by atoms with van der Waals surface area (Å²) in [5, 5.41) is 14.4. The summed E-state index contributed by atoms with van der Waals surface area (Å²) >= 11 is 0. The van der Waals surface area contributed by atoms with E-state index < -0.39 is 10.0 Å². The van der Waals surface area contributed by atoms with Crippen LogP contribution in [0.4, 0.5) is 11.4 Å². The number of nitrogens with two attached hydrogens (primary N) is 2. The molecule has 0 aliphatic heterocycles. The van der Waals surface area contributed by atoms with E-state index in [0.29, 0.717) is 24.0 Å². The van der Waals surface area contributed by atoms with Crippen molar-refractivity contribution in [2.75, 3.05) is 23.8 Å². The van der Waals surface area contributed by atoms with Crippen LogP contribution in [0.25, 0.3) is 0 Å². The summed E-state index contributed by atoms with van der Waals surface area (Å²) in [6, 6.07) is 4.74. The van der Waals surface area contributed by atoms with E-state index in [2.05, 4.69) is 0 Å². The van der Waals surface area contributed by atoms with E-state index in [0.717, 1.165) is 25.7 Å². The van der Waals surface area contributed by atoms with Crippen molar-refractivity contribution in [3.63, 3.8) is 0 Å². The fourth-order valence-corrected chi connectivity index (χ4v) is 3.31. The lowest BCUT2D eigenvalue weighted by atomic mass is 10.1. The Kier molecular flexibility index (Phi) is 4.52. The number of sulfonamides is 1. The Bertz CT molecular complexity index is 568. The molecule has 0 atom stereocenters. The third-order valence-corrected chi connectivity index (χ3v) is 4.66. The molecule has 7 heteroatoms. The van der Waals surface area contributed by atoms with E-state index >= 15 is 0 Å². The van der Waals surface area contributed by atoms with Gasteiger partial charge >= 0.3 is 0 Å². The topological polar surface area (TPSA) is 110 Å². The minimum atomic E-state index is -3.76. The van der Waals surface area contributed by atoms with E-state index in [4.69, 9.17) is 10.9 Å². The molecule has 1 aliphatic rings. The van der Waals surface area contributed by atoms with Gasteiger partial charge in [-0.2, -0.15) is 0 Å². The van der Waals surface area contributed by atoms with Gasteiger partial charge in [0.05, 0.1) is 22.9 Å². The fourth-order valence-electron chi connectivity index (χ4n) is 2.77. The Balaban J connectivity index is 2.41. The molecular weight excluding hydrogens is 278 g/mol. The quantitative estimate of drug-likeness (QED) is 0.692. The predicted octanol–water partition coefficient (Wildman–Crippen LogP) is 0.657. The normalized spacial score (nSPS) is 16.5. The minimum absolute atomic E-state index is 0.00442. The monoisotopic (exact) mass is 299 g/mol. The lowest BCUT2D eigenvalue weighted by Crippen LogP contribution is -2.36. The van der Waals surface area contributed by atoms with Gasteiger partial charge in [-0.1, -0.05) is 12.8 Å². The zero-order chi connectivity index (χ0) is 14.8. The number of primary sulfonamides is 1. The van der Waals surface area contributed by atoms with Crippen LogP contribution in [-0.4, -0.2) is 32.7 Å². The molecule has 2 rings (SSSR count). The van der Waals surface area contributed by atoms with Crippen molar-refractivity contribution in [2.24, 2.45) is 5.14 Å². The van der Waals surface area contributed by atoms with Gasteiger partial charge in [-0.15, -0.1) is 0 Å². The molecule has 112 valence electrons. The number of anilines is 2. The van der Waals surface area contributed by atoms with Crippen LogP contribution in [0.15, 0.2) is 23.1 Å². The van der Waals surface area contributed by atoms with Crippen molar-refractivity contribution in [1.82, 2.24) is 0 Å². The molecule has 20 heavy (non-hydrogen) atoms. The molecule has 0 amide bonds. The highest BCUT2D eigenvalue weighted by atomic mass is 32.2. The second-order valence-corrected chi connectivity index (χ2v) is 6.68. The van der Waals surface area contributed by atoms with E-state index in [1.807, 2.05) is 4.90 Å². The number of rotatable bonds is 5. The second-order valence-electron chi connectivity index (χ2n) is 5.12. The fraction of sp³-hybridized carbons (Fsp3) is 0.538. The summed E-state index contributed by atoms with van der Waals surface area (Å²) in [5.41, 5.74) is 7.11. The lowest BCUT2D eigenvalue weighted by molar-refractivity contribution is 0.297. The molecule has 6 nitrogen and oxygen atoms in total. The maximum Gasteiger partial charge on any atom is 0.238 e. The average molecular weight is 299 g/mol. The van der Waals surface area contributed by atoms with Crippen LogP contribution in [0.1, 0.15) is 25.7 Å². The Morgan fingerprint density at radius 3 is 2.50 bits per heavy atom. The molecule has 1 fully saturated rings. The highest BCUT2D eigenvalue weighted by Gasteiger charge is 2.24. The highest BCUT2D eigenvalue weighted by Crippen LogP contribution is 2.33. The van der Waals surface area contributed by atoms with Crippen LogP contribution in [0, 0.1) is 0 Å². The number of aliphatic hydroxyl groups excluding tert-OH is 1. The van der Waals surface area contributed by atoms with Crippen molar-refractivity contribution in [1.29, 1.82) is 0 Å². The van der Waals surface area contributed by atoms with Gasteiger partial charge in [-0.3, -0.25) is 0 Å². The molecule has 1 aliphatic carbocycles. The van der Waals surface area contributed by atoms with E-state index in [1.54, 1.807) is 6.07 Å². The molecule has 0 bridgehead atoms. The molecule has 0 saturated heterocycles. The molecular formula is C13H21N3O3S. The second kappa shape index (κ2) is 5.99. The van der Waals surface area contributed by atoms with Gasteiger partial charge < -0.3 is 15.7 Å². The van der Waals surface area contributed by atoms with E-state index in [-0.39, 0.29) is 11.5 Å². The Morgan fingerprint density at radius 1 is 1.30 bits per heavy atom. The van der Waals surface area contributed by atoms with Gasteiger partial charge in [0.25, 0.3) is 0 Å². The molecule has 0 radical (unpaired) electrons. The Labute approximate surface area is 119 Å². The molecule has 0 spiro atoms. The van der Waals surface area contributed by atoms with Gasteiger partial charge in [0.1, 0.15) is 0 Å². The Morgan fingerprint density at radius 2 is 1.95 bits per heavy atom. The molecule has 1 aromatic carbocycles. The number of hydrogen-bond acceptors (Lipinski definition) is 5. The number of benzene rings is 1. The largest absolute Gasteiger partial charge is 0.397 e. The van der Waals surface area contributed by atoms with Crippen molar-refractivity contribution >= 4 is 21.4 Å². The molecule has 5 N–H and O–H groups in total. The first kappa shape index (κ1) is 15.1. The maximum atomic E-state index is 11.5. The zero-order valence-electron chi connectivity index (χ0n) is 11.3. The van der Waals surface area contributed by atoms with E-state index in [9.17, 15) is 13.5 Å². The first-order valence-corrected chi connectivity index (χ1v) is 8.28. The molecule has 0 heterocycles. The average Bonchev–Trinajstić information content (AvgIpc) is 2.89. The minimum Gasteiger partial charge on any atom is -0.397 e. The number of aliphatic hydroxyl groups is 1. The Hall–Kier alpha value is -1.31. The summed E-state index contributed by atoms with van der Waals surface area (Å²) in [4.78, 5) is 2.04. The van der Waals surface area contributed by atoms with Crippen molar-refractivity contribution in [3.8, 4) is 0 Å². The molecule has 0 unspecified atom stereocenters. The standard InChI is InChI=1S/C13H21N3O3S/c14-12-6-5-11(20(15,18)19)9-13(12)16(7-8-17)10-3-1-2-4-10/h5-6,9-10,17H,1-4,7-8,14H2,(H2,15,18,19). The number of nitrogens with zero attached hydrogens (tertiary/aromatic N) is 1. The molecule has 0 aromatic heterocycles. The van der Waals surface area contributed by atoms with Gasteiger partial charge in [0, 0.05) is 12.6 Å². The highest BCUT2D eigenvalue weighted by molar-refractivity contribution is 7.89. The van der Waals surface area contributed by atoms with Gasteiger partial charge in [-0.25, -0.2) is 13.6 Å². The van der Waals surface area contributed by atoms with Crippen molar-refractivity contribution < 1.29 is 13.5 Å². The van der Waals surface area contributed by atoms with Crippen LogP contribution in [0.5, 0.6) is 0 Å². The van der Waals surface area contributed by atoms with Crippen LogP contribution >= 0.6 is 0 Å². The summed E-state index contributed by atoms with van der Waals surface area (Å²) in [7, 11) is -3.76. The molecule has 1 aromatic rings. The lowest BCUT2D eigenvalue weighted by Gasteiger charge is -2.31. The van der Waals surface area contributed by atoms with E-state index in [1.165, 1.54) is 12.1 Å². The summed E-state index contributed by atoms with van der Waals surface area (Å²) in [6.07, 6.45) is 4.33. The van der Waals surface area contributed by atoms with Gasteiger partial charge in [-0.05, 0) is 31.0 Å².